The first-order valence-electron chi connectivity index (χ1n) is 8.36. The number of hydrogen-bond donors (Lipinski definition) is 0. The Bertz CT molecular complexity index is 874. The number of carbonyl (C=O) groups excluding carboxylic acids is 1. The van der Waals surface area contributed by atoms with Gasteiger partial charge >= 0.3 is 0 Å². The summed E-state index contributed by atoms with van der Waals surface area (Å²) in [5.74, 6) is 1.09. The molecular weight excluding hydrogens is 370 g/mol. The van der Waals surface area contributed by atoms with E-state index in [1.807, 2.05) is 53.1 Å². The fourth-order valence-corrected chi connectivity index (χ4v) is 5.83. The lowest BCUT2D eigenvalue weighted by atomic mass is 10.1. The molecule has 0 N–H and O–H groups in total. The summed E-state index contributed by atoms with van der Waals surface area (Å²) in [5.41, 5.74) is 1.19. The fraction of sp³-hybridized carbons (Fsp3) is 0.250. The Morgan fingerprint density at radius 1 is 1.08 bits per heavy atom. The van der Waals surface area contributed by atoms with Crippen molar-refractivity contribution in [2.24, 2.45) is 0 Å². The minimum Gasteiger partial charge on any atom is -0.337 e. The average Bonchev–Trinajstić information content (AvgIpc) is 2.92. The molecule has 0 saturated carbocycles. The first-order valence-corrected chi connectivity index (χ1v) is 10.6. The summed E-state index contributed by atoms with van der Waals surface area (Å²) < 4.78 is 1.17. The van der Waals surface area contributed by atoms with Crippen LogP contribution in [0, 0.1) is 0 Å². The van der Waals surface area contributed by atoms with Gasteiger partial charge in [-0.1, -0.05) is 48.0 Å². The Labute approximate surface area is 160 Å². The van der Waals surface area contributed by atoms with Gasteiger partial charge < -0.3 is 4.90 Å². The number of nitrogens with zero attached hydrogens (tertiary/aromatic N) is 1. The second-order valence-corrected chi connectivity index (χ2v) is 8.91. The van der Waals surface area contributed by atoms with Crippen molar-refractivity contribution in [2.45, 2.75) is 11.7 Å². The molecule has 0 radical (unpaired) electrons. The normalized spacial score (nSPS) is 18.3. The predicted octanol–water partition coefficient (Wildman–Crippen LogP) is 5.88. The standard InChI is InChI=1S/C20H18ClNOS2/c21-16-7-3-2-6-15(16)18-9-10-22(11-12-24-18)20(23)19-13-14-5-1-4-8-17(14)25-19/h1-8,13,18H,9-12H2/t18-/m1/s1. The molecule has 1 atom stereocenters. The van der Waals surface area contributed by atoms with Crippen LogP contribution in [0.4, 0.5) is 0 Å². The molecule has 4 rings (SSSR count). The van der Waals surface area contributed by atoms with Crippen LogP contribution in [0.15, 0.2) is 54.6 Å². The minimum atomic E-state index is 0.154. The quantitative estimate of drug-likeness (QED) is 0.547. The third kappa shape index (κ3) is 3.57. The van der Waals surface area contributed by atoms with Gasteiger partial charge in [0.1, 0.15) is 0 Å². The minimum absolute atomic E-state index is 0.154. The topological polar surface area (TPSA) is 20.3 Å². The number of rotatable bonds is 2. The summed E-state index contributed by atoms with van der Waals surface area (Å²) in [6.45, 7) is 1.56. The number of thiophene rings is 1. The fourth-order valence-electron chi connectivity index (χ4n) is 3.20. The number of halogens is 1. The van der Waals surface area contributed by atoms with Crippen LogP contribution in [-0.2, 0) is 0 Å². The second kappa shape index (κ2) is 7.40. The van der Waals surface area contributed by atoms with Gasteiger partial charge in [-0.3, -0.25) is 4.79 Å². The summed E-state index contributed by atoms with van der Waals surface area (Å²) in [6.07, 6.45) is 0.936. The Morgan fingerprint density at radius 2 is 1.88 bits per heavy atom. The number of carbonyl (C=O) groups is 1. The molecular formula is C20H18ClNOS2. The molecule has 1 aliphatic rings. The van der Waals surface area contributed by atoms with Crippen molar-refractivity contribution in [2.75, 3.05) is 18.8 Å². The van der Waals surface area contributed by atoms with Gasteiger partial charge in [-0.2, -0.15) is 11.8 Å². The Kier molecular flexibility index (Phi) is 5.02. The Hall–Kier alpha value is -1.49. The Morgan fingerprint density at radius 3 is 2.72 bits per heavy atom. The van der Waals surface area contributed by atoms with E-state index in [9.17, 15) is 4.79 Å². The van der Waals surface area contributed by atoms with Crippen LogP contribution in [0.1, 0.15) is 26.9 Å². The zero-order chi connectivity index (χ0) is 17.2. The van der Waals surface area contributed by atoms with Crippen molar-refractivity contribution >= 4 is 50.7 Å². The van der Waals surface area contributed by atoms with Crippen LogP contribution in [-0.4, -0.2) is 29.6 Å². The molecule has 0 bridgehead atoms. The molecule has 1 saturated heterocycles. The van der Waals surface area contributed by atoms with Crippen molar-refractivity contribution in [1.29, 1.82) is 0 Å². The number of fused-ring (bicyclic) bond motifs is 1. The van der Waals surface area contributed by atoms with Gasteiger partial charge in [-0.15, -0.1) is 11.3 Å². The van der Waals surface area contributed by atoms with Crippen molar-refractivity contribution in [3.8, 4) is 0 Å². The molecule has 5 heteroatoms. The van der Waals surface area contributed by atoms with E-state index in [2.05, 4.69) is 18.2 Å². The van der Waals surface area contributed by atoms with E-state index in [0.29, 0.717) is 5.25 Å². The molecule has 3 aromatic rings. The molecule has 1 fully saturated rings. The Balaban J connectivity index is 1.50. The number of thioether (sulfide) groups is 1. The van der Waals surface area contributed by atoms with Crippen LogP contribution >= 0.6 is 34.7 Å². The molecule has 1 aromatic heterocycles. The summed E-state index contributed by atoms with van der Waals surface area (Å²) in [7, 11) is 0. The van der Waals surface area contributed by atoms with Gasteiger partial charge in [0.05, 0.1) is 4.88 Å². The number of hydrogen-bond acceptors (Lipinski definition) is 3. The van der Waals surface area contributed by atoms with E-state index in [1.54, 1.807) is 11.3 Å². The second-order valence-electron chi connectivity index (χ2n) is 6.11. The van der Waals surface area contributed by atoms with Crippen LogP contribution in [0.3, 0.4) is 0 Å². The van der Waals surface area contributed by atoms with Gasteiger partial charge in [0.25, 0.3) is 5.91 Å². The zero-order valence-corrected chi connectivity index (χ0v) is 16.0. The molecule has 2 heterocycles. The zero-order valence-electron chi connectivity index (χ0n) is 13.7. The molecule has 0 spiro atoms. The maximum Gasteiger partial charge on any atom is 0.263 e. The van der Waals surface area contributed by atoms with Gasteiger partial charge in [0.2, 0.25) is 0 Å². The maximum atomic E-state index is 12.9. The molecule has 128 valence electrons. The molecule has 0 aliphatic carbocycles. The average molecular weight is 388 g/mol. The molecule has 0 unspecified atom stereocenters. The SMILES string of the molecule is O=C(c1cc2ccccc2s1)N1CCS[C@@H](c2ccccc2Cl)CC1. The van der Waals surface area contributed by atoms with E-state index >= 15 is 0 Å². The highest BCUT2D eigenvalue weighted by Crippen LogP contribution is 2.38. The summed E-state index contributed by atoms with van der Waals surface area (Å²) in [5, 5.41) is 2.33. The third-order valence-corrected chi connectivity index (χ3v) is 7.28. The lowest BCUT2D eigenvalue weighted by Crippen LogP contribution is -2.32. The number of amides is 1. The molecule has 25 heavy (non-hydrogen) atoms. The molecule has 1 aliphatic heterocycles. The summed E-state index contributed by atoms with van der Waals surface area (Å²) in [6, 6.07) is 18.2. The lowest BCUT2D eigenvalue weighted by molar-refractivity contribution is 0.0771. The van der Waals surface area contributed by atoms with Crippen molar-refractivity contribution < 1.29 is 4.79 Å². The largest absolute Gasteiger partial charge is 0.337 e. The van der Waals surface area contributed by atoms with Crippen LogP contribution < -0.4 is 0 Å². The summed E-state index contributed by atoms with van der Waals surface area (Å²) >= 11 is 9.84. The number of benzene rings is 2. The van der Waals surface area contributed by atoms with Gasteiger partial charge in [0.15, 0.2) is 0 Å². The summed E-state index contributed by atoms with van der Waals surface area (Å²) in [4.78, 5) is 15.8. The monoisotopic (exact) mass is 387 g/mol. The highest BCUT2D eigenvalue weighted by Gasteiger charge is 2.24. The third-order valence-electron chi connectivity index (χ3n) is 4.52. The van der Waals surface area contributed by atoms with Gasteiger partial charge in [-0.05, 0) is 35.6 Å². The predicted molar refractivity (Wildman–Crippen MR) is 109 cm³/mol. The van der Waals surface area contributed by atoms with E-state index in [-0.39, 0.29) is 5.91 Å². The van der Waals surface area contributed by atoms with Gasteiger partial charge in [0, 0.05) is 33.8 Å². The first kappa shape index (κ1) is 17.0. The van der Waals surface area contributed by atoms with E-state index in [1.165, 1.54) is 10.3 Å². The lowest BCUT2D eigenvalue weighted by Gasteiger charge is -2.19. The van der Waals surface area contributed by atoms with E-state index in [4.69, 9.17) is 11.6 Å². The first-order chi connectivity index (χ1) is 12.2. The van der Waals surface area contributed by atoms with E-state index < -0.39 is 0 Å². The van der Waals surface area contributed by atoms with Crippen molar-refractivity contribution in [1.82, 2.24) is 4.90 Å². The highest BCUT2D eigenvalue weighted by molar-refractivity contribution is 7.99. The van der Waals surface area contributed by atoms with Crippen LogP contribution in [0.5, 0.6) is 0 Å². The molecule has 1 amide bonds. The molecule has 2 aromatic carbocycles. The molecule has 2 nitrogen and oxygen atoms in total. The smallest absolute Gasteiger partial charge is 0.263 e. The van der Waals surface area contributed by atoms with Crippen molar-refractivity contribution in [3.05, 3.63) is 70.1 Å². The highest BCUT2D eigenvalue weighted by atomic mass is 35.5. The van der Waals surface area contributed by atoms with E-state index in [0.717, 1.165) is 40.5 Å². The maximum absolute atomic E-state index is 12.9. The van der Waals surface area contributed by atoms with Crippen molar-refractivity contribution in [3.63, 3.8) is 0 Å². The van der Waals surface area contributed by atoms with Crippen LogP contribution in [0.2, 0.25) is 5.02 Å². The van der Waals surface area contributed by atoms with Crippen LogP contribution in [0.25, 0.3) is 10.1 Å². The van der Waals surface area contributed by atoms with Gasteiger partial charge in [-0.25, -0.2) is 0 Å².